The molecular formula is C25H24Cl2N4O2S. The van der Waals surface area contributed by atoms with Gasteiger partial charge in [-0.05, 0) is 54.4 Å². The minimum atomic E-state index is -3.98. The number of guanidine groups is 1. The van der Waals surface area contributed by atoms with Crippen molar-refractivity contribution in [3.05, 3.63) is 100 Å². The molecular weight excluding hydrogens is 491 g/mol. The number of hydrogen-bond donors (Lipinski definition) is 0. The molecule has 3 aromatic carbocycles. The van der Waals surface area contributed by atoms with E-state index in [0.717, 1.165) is 16.8 Å². The molecule has 0 saturated heterocycles. The number of hydrogen-bond acceptors (Lipinski definition) is 3. The summed E-state index contributed by atoms with van der Waals surface area (Å²) < 4.78 is 30.4. The van der Waals surface area contributed by atoms with Crippen LogP contribution in [0.2, 0.25) is 10.0 Å². The molecule has 1 heterocycles. The highest BCUT2D eigenvalue weighted by Gasteiger charge is 2.33. The molecule has 0 N–H and O–H groups in total. The average molecular weight is 515 g/mol. The van der Waals surface area contributed by atoms with Crippen LogP contribution < -0.4 is 0 Å². The van der Waals surface area contributed by atoms with E-state index in [0.29, 0.717) is 23.1 Å². The summed E-state index contributed by atoms with van der Waals surface area (Å²) in [4.78, 5) is 1.84. The normalized spacial score (nSPS) is 16.5. The van der Waals surface area contributed by atoms with Gasteiger partial charge in [0, 0.05) is 29.6 Å². The lowest BCUT2D eigenvalue weighted by atomic mass is 9.91. The summed E-state index contributed by atoms with van der Waals surface area (Å²) in [6.07, 6.45) is 0. The quantitative estimate of drug-likeness (QED) is 0.333. The number of halogens is 2. The summed E-state index contributed by atoms with van der Waals surface area (Å²) in [6.45, 7) is 2.92. The standard InChI is InChI=1S/C25H24Cl2N4O2S/c1-3-30(2)25(29-34(32,33)22-15-13-21(27)14-16-22)31-17-23(18-7-5-4-6-8-18)24(28-31)19-9-11-20(26)12-10-19/h4-16,23H,3,17H2,1-2H3/b29-25-. The third kappa shape index (κ3) is 5.27. The second-order valence-corrected chi connectivity index (χ2v) is 10.3. The van der Waals surface area contributed by atoms with E-state index in [-0.39, 0.29) is 16.8 Å². The van der Waals surface area contributed by atoms with E-state index in [1.165, 1.54) is 24.3 Å². The highest BCUT2D eigenvalue weighted by molar-refractivity contribution is 7.90. The van der Waals surface area contributed by atoms with Gasteiger partial charge >= 0.3 is 0 Å². The molecule has 0 radical (unpaired) electrons. The Bertz CT molecular complexity index is 1310. The molecule has 9 heteroatoms. The highest BCUT2D eigenvalue weighted by atomic mass is 35.5. The van der Waals surface area contributed by atoms with Crippen LogP contribution in [0, 0.1) is 0 Å². The fourth-order valence-electron chi connectivity index (χ4n) is 3.68. The monoisotopic (exact) mass is 514 g/mol. The number of nitrogens with zero attached hydrogens (tertiary/aromatic N) is 4. The first-order chi connectivity index (χ1) is 16.3. The van der Waals surface area contributed by atoms with Crippen LogP contribution in [-0.2, 0) is 10.0 Å². The third-order valence-corrected chi connectivity index (χ3v) is 7.39. The lowest BCUT2D eigenvalue weighted by Gasteiger charge is -2.25. The van der Waals surface area contributed by atoms with E-state index < -0.39 is 10.0 Å². The Labute approximate surface area is 210 Å². The first-order valence-electron chi connectivity index (χ1n) is 10.8. The Balaban J connectivity index is 1.79. The molecule has 1 aliphatic heterocycles. The minimum Gasteiger partial charge on any atom is -0.344 e. The molecule has 1 unspecified atom stereocenters. The Morgan fingerprint density at radius 3 is 2.18 bits per heavy atom. The van der Waals surface area contributed by atoms with Gasteiger partial charge in [0.25, 0.3) is 10.0 Å². The predicted molar refractivity (Wildman–Crippen MR) is 138 cm³/mol. The van der Waals surface area contributed by atoms with Crippen molar-refractivity contribution in [3.8, 4) is 0 Å². The fourth-order valence-corrected chi connectivity index (χ4v) is 4.96. The molecule has 0 spiro atoms. The predicted octanol–water partition coefficient (Wildman–Crippen LogP) is 5.49. The fraction of sp³-hybridized carbons (Fsp3) is 0.200. The molecule has 0 bridgehead atoms. The van der Waals surface area contributed by atoms with Crippen LogP contribution in [0.15, 0.2) is 93.3 Å². The van der Waals surface area contributed by atoms with Crippen molar-refractivity contribution in [1.82, 2.24) is 9.91 Å². The molecule has 0 amide bonds. The summed E-state index contributed by atoms with van der Waals surface area (Å²) in [6, 6.07) is 23.5. The van der Waals surface area contributed by atoms with Crippen molar-refractivity contribution in [2.24, 2.45) is 9.50 Å². The SMILES string of the molecule is CCN(C)/C(=N/S(=O)(=O)c1ccc(Cl)cc1)N1CC(c2ccccc2)C(c2ccc(Cl)cc2)=N1. The van der Waals surface area contributed by atoms with Gasteiger partial charge in [0.1, 0.15) is 0 Å². The van der Waals surface area contributed by atoms with Crippen molar-refractivity contribution in [2.45, 2.75) is 17.7 Å². The van der Waals surface area contributed by atoms with Crippen LogP contribution in [0.3, 0.4) is 0 Å². The van der Waals surface area contributed by atoms with Crippen LogP contribution in [0.5, 0.6) is 0 Å². The van der Waals surface area contributed by atoms with Gasteiger partial charge < -0.3 is 4.90 Å². The van der Waals surface area contributed by atoms with Crippen LogP contribution in [-0.4, -0.2) is 50.1 Å². The minimum absolute atomic E-state index is 0.0691. The smallest absolute Gasteiger partial charge is 0.285 e. The van der Waals surface area contributed by atoms with Gasteiger partial charge in [0.2, 0.25) is 5.96 Å². The van der Waals surface area contributed by atoms with Crippen molar-refractivity contribution in [1.29, 1.82) is 0 Å². The molecule has 0 aliphatic carbocycles. The molecule has 0 aromatic heterocycles. The van der Waals surface area contributed by atoms with Gasteiger partial charge in [-0.15, -0.1) is 4.40 Å². The van der Waals surface area contributed by atoms with Gasteiger partial charge in [-0.1, -0.05) is 65.7 Å². The van der Waals surface area contributed by atoms with Gasteiger partial charge in [0.15, 0.2) is 0 Å². The summed E-state index contributed by atoms with van der Waals surface area (Å²) in [5.74, 6) is 0.179. The van der Waals surface area contributed by atoms with E-state index in [1.807, 2.05) is 61.5 Å². The second-order valence-electron chi connectivity index (χ2n) is 7.87. The van der Waals surface area contributed by atoms with Crippen LogP contribution in [0.25, 0.3) is 0 Å². The lowest BCUT2D eigenvalue weighted by molar-refractivity contribution is 0.382. The zero-order valence-electron chi connectivity index (χ0n) is 18.8. The summed E-state index contributed by atoms with van der Waals surface area (Å²) >= 11 is 12.0. The van der Waals surface area contributed by atoms with Gasteiger partial charge in [-0.2, -0.15) is 13.5 Å². The zero-order chi connectivity index (χ0) is 24.3. The number of rotatable bonds is 5. The maximum Gasteiger partial charge on any atom is 0.285 e. The Hall–Kier alpha value is -2.87. The van der Waals surface area contributed by atoms with E-state index in [2.05, 4.69) is 4.40 Å². The molecule has 6 nitrogen and oxygen atoms in total. The largest absolute Gasteiger partial charge is 0.344 e. The zero-order valence-corrected chi connectivity index (χ0v) is 21.1. The van der Waals surface area contributed by atoms with E-state index in [1.54, 1.807) is 17.0 Å². The van der Waals surface area contributed by atoms with Crippen molar-refractivity contribution >= 4 is 44.9 Å². The molecule has 3 aromatic rings. The van der Waals surface area contributed by atoms with E-state index >= 15 is 0 Å². The van der Waals surface area contributed by atoms with Crippen molar-refractivity contribution < 1.29 is 8.42 Å². The molecule has 1 atom stereocenters. The van der Waals surface area contributed by atoms with Crippen molar-refractivity contribution in [2.75, 3.05) is 20.1 Å². The van der Waals surface area contributed by atoms with Gasteiger partial charge in [-0.25, -0.2) is 5.01 Å². The summed E-state index contributed by atoms with van der Waals surface area (Å²) in [5, 5.41) is 7.61. The Morgan fingerprint density at radius 1 is 1.00 bits per heavy atom. The lowest BCUT2D eigenvalue weighted by Crippen LogP contribution is -2.39. The van der Waals surface area contributed by atoms with Crippen LogP contribution in [0.1, 0.15) is 24.0 Å². The van der Waals surface area contributed by atoms with Gasteiger partial charge in [-0.3, -0.25) is 0 Å². The molecule has 1 aliphatic rings. The molecule has 4 rings (SSSR count). The summed E-state index contributed by atoms with van der Waals surface area (Å²) in [7, 11) is -2.18. The average Bonchev–Trinajstić information content (AvgIpc) is 3.28. The van der Waals surface area contributed by atoms with Crippen molar-refractivity contribution in [3.63, 3.8) is 0 Å². The number of benzene rings is 3. The highest BCUT2D eigenvalue weighted by Crippen LogP contribution is 2.30. The first-order valence-corrected chi connectivity index (χ1v) is 13.0. The van der Waals surface area contributed by atoms with Crippen LogP contribution >= 0.6 is 23.2 Å². The molecule has 34 heavy (non-hydrogen) atoms. The number of sulfonamides is 1. The summed E-state index contributed by atoms with van der Waals surface area (Å²) in [5.41, 5.74) is 2.82. The Morgan fingerprint density at radius 2 is 1.59 bits per heavy atom. The maximum atomic E-state index is 13.1. The Kier molecular flexibility index (Phi) is 7.26. The maximum absolute atomic E-state index is 13.1. The van der Waals surface area contributed by atoms with E-state index in [4.69, 9.17) is 28.3 Å². The second kappa shape index (κ2) is 10.2. The first kappa shape index (κ1) is 24.3. The molecule has 0 fully saturated rings. The van der Waals surface area contributed by atoms with Gasteiger partial charge in [0.05, 0.1) is 17.2 Å². The molecule has 176 valence electrons. The topological polar surface area (TPSA) is 65.3 Å². The van der Waals surface area contributed by atoms with E-state index in [9.17, 15) is 8.42 Å². The van der Waals surface area contributed by atoms with Crippen LogP contribution in [0.4, 0.5) is 0 Å². The molecule has 0 saturated carbocycles. The number of hydrazone groups is 1. The third-order valence-electron chi connectivity index (χ3n) is 5.62.